The zero-order valence-corrected chi connectivity index (χ0v) is 21.2. The van der Waals surface area contributed by atoms with E-state index >= 15 is 0 Å². The number of hydrogen-bond acceptors (Lipinski definition) is 4. The van der Waals surface area contributed by atoms with Crippen LogP contribution in [0.15, 0.2) is 47.3 Å². The van der Waals surface area contributed by atoms with Crippen LogP contribution in [0.4, 0.5) is 13.2 Å². The van der Waals surface area contributed by atoms with E-state index in [4.69, 9.17) is 4.74 Å². The monoisotopic (exact) mass is 514 g/mol. The highest BCUT2D eigenvalue weighted by Gasteiger charge is 2.37. The Morgan fingerprint density at radius 2 is 1.51 bits per heavy atom. The van der Waals surface area contributed by atoms with Gasteiger partial charge in [-0.05, 0) is 42.2 Å². The molecule has 9 heteroatoms. The molecule has 1 aliphatic rings. The lowest BCUT2D eigenvalue weighted by atomic mass is 9.96. The summed E-state index contributed by atoms with van der Waals surface area (Å²) in [5.74, 6) is -0.979. The summed E-state index contributed by atoms with van der Waals surface area (Å²) in [6.07, 6.45) is -3.22. The molecule has 6 nitrogen and oxygen atoms in total. The van der Waals surface area contributed by atoms with Crippen LogP contribution in [0.1, 0.15) is 72.5 Å². The summed E-state index contributed by atoms with van der Waals surface area (Å²) >= 11 is 0. The molecule has 0 radical (unpaired) electrons. The molecule has 0 saturated heterocycles. The average molecular weight is 515 g/mol. The average Bonchev–Trinajstić information content (AvgIpc) is 3.06. The van der Waals surface area contributed by atoms with Gasteiger partial charge in [0.1, 0.15) is 5.75 Å². The number of halogens is 3. The maximum absolute atomic E-state index is 13.7. The van der Waals surface area contributed by atoms with E-state index in [-0.39, 0.29) is 53.0 Å². The Morgan fingerprint density at radius 3 is 2.05 bits per heavy atom. The third kappa shape index (κ3) is 5.12. The molecule has 3 aromatic rings. The highest BCUT2D eigenvalue weighted by Crippen LogP contribution is 2.37. The fourth-order valence-corrected chi connectivity index (χ4v) is 4.45. The molecule has 0 atom stereocenters. The van der Waals surface area contributed by atoms with Crippen molar-refractivity contribution in [2.24, 2.45) is 5.41 Å². The van der Waals surface area contributed by atoms with Crippen molar-refractivity contribution >= 4 is 22.6 Å². The van der Waals surface area contributed by atoms with Gasteiger partial charge in [-0.2, -0.15) is 13.2 Å². The number of aromatic nitrogens is 1. The van der Waals surface area contributed by atoms with Crippen LogP contribution < -0.4 is 10.3 Å². The van der Waals surface area contributed by atoms with Gasteiger partial charge in [-0.1, -0.05) is 46.2 Å². The molecule has 0 fully saturated rings. The van der Waals surface area contributed by atoms with Crippen molar-refractivity contribution < 1.29 is 27.5 Å². The molecule has 0 aliphatic carbocycles. The van der Waals surface area contributed by atoms with Gasteiger partial charge in [0.2, 0.25) is 0 Å². The van der Waals surface area contributed by atoms with Gasteiger partial charge in [0.15, 0.2) is 0 Å². The number of unbranched alkanes of at least 4 members (excludes halogenated alkanes) is 1. The second-order valence-electron chi connectivity index (χ2n) is 10.4. The van der Waals surface area contributed by atoms with E-state index < -0.39 is 34.5 Å². The van der Waals surface area contributed by atoms with Crippen molar-refractivity contribution in [2.45, 2.75) is 59.8 Å². The number of nitrogens with zero attached hydrogens (tertiary/aromatic N) is 2. The number of ether oxygens (including phenoxy) is 1. The minimum Gasteiger partial charge on any atom is -0.491 e. The van der Waals surface area contributed by atoms with Crippen LogP contribution in [-0.4, -0.2) is 27.9 Å². The largest absolute Gasteiger partial charge is 0.491 e. The van der Waals surface area contributed by atoms with Gasteiger partial charge < -0.3 is 9.30 Å². The summed E-state index contributed by atoms with van der Waals surface area (Å²) in [6, 6.07) is 9.35. The van der Waals surface area contributed by atoms with E-state index in [1.165, 1.54) is 4.57 Å². The van der Waals surface area contributed by atoms with Crippen LogP contribution >= 0.6 is 0 Å². The number of benzene rings is 2. The molecule has 4 rings (SSSR count). The Kier molecular flexibility index (Phi) is 6.92. The van der Waals surface area contributed by atoms with Crippen molar-refractivity contribution in [3.05, 3.63) is 75.2 Å². The van der Waals surface area contributed by atoms with Crippen molar-refractivity contribution in [3.63, 3.8) is 0 Å². The number of carbonyl (C=O) groups is 2. The first-order valence-corrected chi connectivity index (χ1v) is 12.2. The van der Waals surface area contributed by atoms with Gasteiger partial charge in [0.25, 0.3) is 17.4 Å². The Bertz CT molecular complexity index is 1400. The lowest BCUT2D eigenvalue weighted by Gasteiger charge is -2.27. The molecule has 0 spiro atoms. The molecule has 196 valence electrons. The first kappa shape index (κ1) is 26.4. The van der Waals surface area contributed by atoms with Crippen LogP contribution in [-0.2, 0) is 19.3 Å². The minimum atomic E-state index is -4.63. The van der Waals surface area contributed by atoms with Gasteiger partial charge in [0.05, 0.1) is 40.9 Å². The quantitative estimate of drug-likeness (QED) is 0.285. The van der Waals surface area contributed by atoms with Gasteiger partial charge in [-0.25, -0.2) is 0 Å². The van der Waals surface area contributed by atoms with Crippen LogP contribution in [0.2, 0.25) is 0 Å². The molecular formula is C28H29F3N2O4. The highest BCUT2D eigenvalue weighted by molar-refractivity contribution is 6.21. The predicted octanol–water partition coefficient (Wildman–Crippen LogP) is 6.04. The van der Waals surface area contributed by atoms with E-state index in [1.54, 1.807) is 24.3 Å². The minimum absolute atomic E-state index is 0.00713. The van der Waals surface area contributed by atoms with E-state index in [9.17, 15) is 27.6 Å². The zero-order chi connectivity index (χ0) is 27.1. The molecule has 0 saturated carbocycles. The molecule has 2 aromatic carbocycles. The topological polar surface area (TPSA) is 68.6 Å². The number of rotatable bonds is 7. The standard InChI is InChI=1S/C28H29F3N2O4/c1-5-6-13-37-23-21-14-17(28(29,30)31)11-12-20(21)26(36)33(16-27(2,3)4)22(23)15-32-24(34)18-9-7-8-10-19(18)25(32)35/h7-12,14H,5-6,13,15-16H2,1-4H3. The van der Waals surface area contributed by atoms with Gasteiger partial charge in [0, 0.05) is 11.9 Å². The number of pyridine rings is 1. The summed E-state index contributed by atoms with van der Waals surface area (Å²) < 4.78 is 48.3. The van der Waals surface area contributed by atoms with E-state index in [1.807, 2.05) is 27.7 Å². The summed E-state index contributed by atoms with van der Waals surface area (Å²) in [7, 11) is 0. The van der Waals surface area contributed by atoms with Crippen molar-refractivity contribution in [1.82, 2.24) is 9.47 Å². The molecule has 0 N–H and O–H groups in total. The van der Waals surface area contributed by atoms with Gasteiger partial charge in [-0.15, -0.1) is 0 Å². The van der Waals surface area contributed by atoms with Gasteiger partial charge in [-0.3, -0.25) is 19.3 Å². The van der Waals surface area contributed by atoms with Crippen molar-refractivity contribution in [2.75, 3.05) is 6.61 Å². The van der Waals surface area contributed by atoms with Crippen LogP contribution in [0.3, 0.4) is 0 Å². The number of alkyl halides is 3. The molecule has 1 aromatic heterocycles. The number of carbonyl (C=O) groups excluding carboxylic acids is 2. The maximum Gasteiger partial charge on any atom is 0.416 e. The Hall–Kier alpha value is -3.62. The Morgan fingerprint density at radius 1 is 0.892 bits per heavy atom. The summed E-state index contributed by atoms with van der Waals surface area (Å²) in [4.78, 5) is 41.0. The van der Waals surface area contributed by atoms with Gasteiger partial charge >= 0.3 is 6.18 Å². The molecule has 0 bridgehead atoms. The summed E-state index contributed by atoms with van der Waals surface area (Å²) in [5, 5.41) is 0.0857. The normalized spacial score (nSPS) is 14.0. The SMILES string of the molecule is CCCCOc1c(CN2C(=O)c3ccccc3C2=O)n(CC(C)(C)C)c(=O)c2ccc(C(F)(F)F)cc12. The first-order chi connectivity index (χ1) is 17.3. The highest BCUT2D eigenvalue weighted by atomic mass is 19.4. The summed E-state index contributed by atoms with van der Waals surface area (Å²) in [5.41, 5.74) is -1.15. The molecule has 0 unspecified atom stereocenters. The second-order valence-corrected chi connectivity index (χ2v) is 10.4. The maximum atomic E-state index is 13.7. The Labute approximate surface area is 212 Å². The number of imide groups is 1. The fraction of sp³-hybridized carbons (Fsp3) is 0.393. The van der Waals surface area contributed by atoms with E-state index in [2.05, 4.69) is 0 Å². The fourth-order valence-electron chi connectivity index (χ4n) is 4.45. The second kappa shape index (κ2) is 9.68. The van der Waals surface area contributed by atoms with Crippen LogP contribution in [0, 0.1) is 5.41 Å². The van der Waals surface area contributed by atoms with Crippen LogP contribution in [0.25, 0.3) is 10.8 Å². The first-order valence-electron chi connectivity index (χ1n) is 12.2. The Balaban J connectivity index is 1.98. The number of hydrogen-bond donors (Lipinski definition) is 0. The zero-order valence-electron chi connectivity index (χ0n) is 21.2. The van der Waals surface area contributed by atoms with E-state index in [0.717, 1.165) is 29.5 Å². The predicted molar refractivity (Wildman–Crippen MR) is 134 cm³/mol. The molecule has 37 heavy (non-hydrogen) atoms. The summed E-state index contributed by atoms with van der Waals surface area (Å²) in [6.45, 7) is 7.78. The third-order valence-electron chi connectivity index (χ3n) is 6.22. The third-order valence-corrected chi connectivity index (χ3v) is 6.22. The van der Waals surface area contributed by atoms with E-state index in [0.29, 0.717) is 6.42 Å². The number of fused-ring (bicyclic) bond motifs is 2. The molecule has 2 amide bonds. The van der Waals surface area contributed by atoms with Crippen molar-refractivity contribution in [1.29, 1.82) is 0 Å². The molecular weight excluding hydrogens is 485 g/mol. The lowest BCUT2D eigenvalue weighted by molar-refractivity contribution is -0.137. The smallest absolute Gasteiger partial charge is 0.416 e. The van der Waals surface area contributed by atoms with Crippen molar-refractivity contribution in [3.8, 4) is 5.75 Å². The lowest BCUT2D eigenvalue weighted by Crippen LogP contribution is -2.36. The number of amides is 2. The molecule has 2 heterocycles. The van der Waals surface area contributed by atoms with Crippen LogP contribution in [0.5, 0.6) is 5.75 Å². The molecule has 1 aliphatic heterocycles.